The first-order valence-electron chi connectivity index (χ1n) is 5.99. The molecule has 0 atom stereocenters. The van der Waals surface area contributed by atoms with Crippen molar-refractivity contribution in [3.63, 3.8) is 0 Å². The molecule has 0 saturated heterocycles. The summed E-state index contributed by atoms with van der Waals surface area (Å²) in [7, 11) is 1.79. The maximum atomic E-state index is 11.7. The lowest BCUT2D eigenvalue weighted by Crippen LogP contribution is -2.23. The number of amides is 1. The van der Waals surface area contributed by atoms with E-state index in [-0.39, 0.29) is 5.91 Å². The van der Waals surface area contributed by atoms with Gasteiger partial charge in [-0.15, -0.1) is 0 Å². The fourth-order valence-corrected chi connectivity index (χ4v) is 1.71. The molecule has 1 aromatic carbocycles. The van der Waals surface area contributed by atoms with Crippen LogP contribution in [0.1, 0.15) is 12.5 Å². The lowest BCUT2D eigenvalue weighted by Gasteiger charge is -2.10. The van der Waals surface area contributed by atoms with Crippen LogP contribution in [0.4, 0.5) is 0 Å². The van der Waals surface area contributed by atoms with Crippen molar-refractivity contribution in [2.24, 2.45) is 0 Å². The number of carbonyl (C=O) groups excluding carboxylic acids is 1. The van der Waals surface area contributed by atoms with E-state index in [9.17, 15) is 4.79 Å². The summed E-state index contributed by atoms with van der Waals surface area (Å²) in [6.07, 6.45) is 5.18. The first kappa shape index (κ1) is 12.3. The van der Waals surface area contributed by atoms with Gasteiger partial charge in [-0.2, -0.15) is 0 Å². The fraction of sp³-hybridized carbons (Fsp3) is 0.200. The highest BCUT2D eigenvalue weighted by atomic mass is 16.2. The summed E-state index contributed by atoms with van der Waals surface area (Å²) in [4.78, 5) is 17.7. The third-order valence-electron chi connectivity index (χ3n) is 2.92. The Hall–Kier alpha value is -2.16. The van der Waals surface area contributed by atoms with E-state index in [1.54, 1.807) is 24.2 Å². The quantitative estimate of drug-likeness (QED) is 0.773. The summed E-state index contributed by atoms with van der Waals surface area (Å²) in [5.41, 5.74) is 1.88. The lowest BCUT2D eigenvalue weighted by atomic mass is 10.1. The van der Waals surface area contributed by atoms with Gasteiger partial charge in [0.2, 0.25) is 5.91 Å². The second-order valence-electron chi connectivity index (χ2n) is 4.11. The molecule has 2 rings (SSSR count). The van der Waals surface area contributed by atoms with Gasteiger partial charge in [0.05, 0.1) is 5.52 Å². The number of hydrogen-bond donors (Lipinski definition) is 0. The number of pyridine rings is 1. The molecule has 0 aliphatic heterocycles. The maximum absolute atomic E-state index is 11.7. The Labute approximate surface area is 107 Å². The first-order chi connectivity index (χ1) is 8.72. The van der Waals surface area contributed by atoms with Crippen molar-refractivity contribution < 1.29 is 4.79 Å². The normalized spacial score (nSPS) is 11.0. The summed E-state index contributed by atoms with van der Waals surface area (Å²) in [5, 5.41) is 1.08. The highest BCUT2D eigenvalue weighted by molar-refractivity contribution is 5.95. The minimum Gasteiger partial charge on any atom is -0.343 e. The Bertz CT molecular complexity index is 585. The minimum absolute atomic E-state index is 0.00503. The van der Waals surface area contributed by atoms with Gasteiger partial charge in [-0.05, 0) is 19.1 Å². The van der Waals surface area contributed by atoms with Crippen molar-refractivity contribution in [1.29, 1.82) is 0 Å². The molecule has 18 heavy (non-hydrogen) atoms. The van der Waals surface area contributed by atoms with E-state index in [1.165, 1.54) is 0 Å². The Morgan fingerprint density at radius 1 is 1.33 bits per heavy atom. The van der Waals surface area contributed by atoms with Gasteiger partial charge in [-0.25, -0.2) is 0 Å². The van der Waals surface area contributed by atoms with Crippen molar-refractivity contribution in [2.45, 2.75) is 6.92 Å². The molecular weight excluding hydrogens is 224 g/mol. The number of benzene rings is 1. The van der Waals surface area contributed by atoms with Gasteiger partial charge in [0.25, 0.3) is 0 Å². The third kappa shape index (κ3) is 2.56. The average Bonchev–Trinajstić information content (AvgIpc) is 2.43. The number of likely N-dealkylation sites (N-methyl/N-ethyl adjacent to an activating group) is 1. The molecule has 0 N–H and O–H groups in total. The zero-order valence-electron chi connectivity index (χ0n) is 10.6. The van der Waals surface area contributed by atoms with Gasteiger partial charge in [-0.1, -0.05) is 24.3 Å². The Morgan fingerprint density at radius 3 is 2.89 bits per heavy atom. The highest BCUT2D eigenvalue weighted by Gasteiger charge is 2.02. The summed E-state index contributed by atoms with van der Waals surface area (Å²) in [5.74, 6) is 0.00503. The molecule has 3 nitrogen and oxygen atoms in total. The molecule has 1 heterocycles. The summed E-state index contributed by atoms with van der Waals surface area (Å²) < 4.78 is 0. The van der Waals surface area contributed by atoms with Crippen LogP contribution < -0.4 is 0 Å². The van der Waals surface area contributed by atoms with E-state index in [1.807, 2.05) is 43.3 Å². The number of nitrogens with zero attached hydrogens (tertiary/aromatic N) is 2. The van der Waals surface area contributed by atoms with E-state index in [0.717, 1.165) is 16.5 Å². The monoisotopic (exact) mass is 240 g/mol. The number of aromatic nitrogens is 1. The molecule has 0 aliphatic rings. The van der Waals surface area contributed by atoms with E-state index in [0.29, 0.717) is 6.54 Å². The van der Waals surface area contributed by atoms with Gasteiger partial charge < -0.3 is 4.90 Å². The smallest absolute Gasteiger partial charge is 0.246 e. The molecule has 2 aromatic rings. The van der Waals surface area contributed by atoms with Gasteiger partial charge in [0.1, 0.15) is 0 Å². The molecule has 0 fully saturated rings. The van der Waals surface area contributed by atoms with Crippen LogP contribution in [0.3, 0.4) is 0 Å². The number of para-hydroxylation sites is 1. The van der Waals surface area contributed by atoms with Crippen LogP contribution in [-0.2, 0) is 4.79 Å². The van der Waals surface area contributed by atoms with Crippen LogP contribution in [0.5, 0.6) is 0 Å². The molecule has 0 aliphatic carbocycles. The van der Waals surface area contributed by atoms with Crippen LogP contribution in [0.2, 0.25) is 0 Å². The van der Waals surface area contributed by atoms with Crippen molar-refractivity contribution >= 4 is 22.9 Å². The molecule has 92 valence electrons. The van der Waals surface area contributed by atoms with Crippen LogP contribution in [-0.4, -0.2) is 29.4 Å². The Balaban J connectivity index is 2.32. The van der Waals surface area contributed by atoms with Crippen LogP contribution in [0.25, 0.3) is 17.0 Å². The SMILES string of the molecule is CCN(C)C(=O)/C=C/c1cccc2cccnc12. The summed E-state index contributed by atoms with van der Waals surface area (Å²) in [6.45, 7) is 2.65. The predicted octanol–water partition coefficient (Wildman–Crippen LogP) is 2.73. The van der Waals surface area contributed by atoms with Gasteiger partial charge >= 0.3 is 0 Å². The van der Waals surface area contributed by atoms with Crippen molar-refractivity contribution in [3.05, 3.63) is 48.2 Å². The zero-order valence-corrected chi connectivity index (χ0v) is 10.6. The molecular formula is C15H16N2O. The molecule has 0 unspecified atom stereocenters. The Kier molecular flexibility index (Phi) is 3.72. The third-order valence-corrected chi connectivity index (χ3v) is 2.92. The molecule has 1 aromatic heterocycles. The second kappa shape index (κ2) is 5.45. The highest BCUT2D eigenvalue weighted by Crippen LogP contribution is 2.17. The molecule has 0 spiro atoms. The van der Waals surface area contributed by atoms with Crippen LogP contribution in [0, 0.1) is 0 Å². The van der Waals surface area contributed by atoms with Gasteiger partial charge in [0.15, 0.2) is 0 Å². The maximum Gasteiger partial charge on any atom is 0.246 e. The number of hydrogen-bond acceptors (Lipinski definition) is 2. The summed E-state index contributed by atoms with van der Waals surface area (Å²) in [6, 6.07) is 9.87. The first-order valence-corrected chi connectivity index (χ1v) is 5.99. The van der Waals surface area contributed by atoms with Crippen molar-refractivity contribution in [2.75, 3.05) is 13.6 Å². The molecule has 3 heteroatoms. The molecule has 0 radical (unpaired) electrons. The fourth-order valence-electron chi connectivity index (χ4n) is 1.71. The van der Waals surface area contributed by atoms with E-state index in [4.69, 9.17) is 0 Å². The van der Waals surface area contributed by atoms with E-state index in [2.05, 4.69) is 4.98 Å². The van der Waals surface area contributed by atoms with Gasteiger partial charge in [0, 0.05) is 36.8 Å². The second-order valence-corrected chi connectivity index (χ2v) is 4.11. The van der Waals surface area contributed by atoms with Crippen LogP contribution >= 0.6 is 0 Å². The topological polar surface area (TPSA) is 33.2 Å². The molecule has 0 saturated carbocycles. The van der Waals surface area contributed by atoms with Crippen LogP contribution in [0.15, 0.2) is 42.6 Å². The minimum atomic E-state index is 0.00503. The number of carbonyl (C=O) groups is 1. The zero-order chi connectivity index (χ0) is 13.0. The Morgan fingerprint density at radius 2 is 2.11 bits per heavy atom. The molecule has 0 bridgehead atoms. The van der Waals surface area contributed by atoms with Crippen molar-refractivity contribution in [1.82, 2.24) is 9.88 Å². The standard InChI is InChI=1S/C15H16N2O/c1-3-17(2)14(18)10-9-13-7-4-6-12-8-5-11-16-15(12)13/h4-11H,3H2,1-2H3/b10-9+. The predicted molar refractivity (Wildman–Crippen MR) is 74.1 cm³/mol. The van der Waals surface area contributed by atoms with E-state index < -0.39 is 0 Å². The number of fused-ring (bicyclic) bond motifs is 1. The average molecular weight is 240 g/mol. The lowest BCUT2D eigenvalue weighted by molar-refractivity contribution is -0.124. The number of rotatable bonds is 3. The van der Waals surface area contributed by atoms with Gasteiger partial charge in [-0.3, -0.25) is 9.78 Å². The van der Waals surface area contributed by atoms with E-state index >= 15 is 0 Å². The largest absolute Gasteiger partial charge is 0.343 e. The summed E-state index contributed by atoms with van der Waals surface area (Å²) >= 11 is 0. The van der Waals surface area contributed by atoms with Crippen molar-refractivity contribution in [3.8, 4) is 0 Å². The molecule has 1 amide bonds.